The molecule has 2 aromatic heterocycles. The Morgan fingerprint density at radius 3 is 2.88 bits per heavy atom. The fraction of sp³-hybridized carbons (Fsp3) is 0.583. The first kappa shape index (κ1) is 10.5. The maximum Gasteiger partial charge on any atom is 0.254 e. The summed E-state index contributed by atoms with van der Waals surface area (Å²) in [4.78, 5) is 8.48. The van der Waals surface area contributed by atoms with Gasteiger partial charge in [-0.25, -0.2) is 4.98 Å². The van der Waals surface area contributed by atoms with Crippen molar-refractivity contribution in [1.82, 2.24) is 19.6 Å². The SMILES string of the molecule is Cc1cc(NC2(C)CCCC2)n2ncnc2n1. The highest BCUT2D eigenvalue weighted by molar-refractivity contribution is 5.46. The summed E-state index contributed by atoms with van der Waals surface area (Å²) < 4.78 is 1.77. The molecule has 1 N–H and O–H groups in total. The first-order valence-electron chi connectivity index (χ1n) is 6.12. The van der Waals surface area contributed by atoms with Gasteiger partial charge in [0.2, 0.25) is 0 Å². The van der Waals surface area contributed by atoms with Gasteiger partial charge in [-0.2, -0.15) is 14.6 Å². The van der Waals surface area contributed by atoms with Crippen molar-refractivity contribution < 1.29 is 0 Å². The predicted octanol–water partition coefficient (Wildman–Crippen LogP) is 2.18. The van der Waals surface area contributed by atoms with E-state index in [-0.39, 0.29) is 5.54 Å². The van der Waals surface area contributed by atoms with Crippen molar-refractivity contribution in [3.8, 4) is 0 Å². The van der Waals surface area contributed by atoms with Crippen LogP contribution in [0.15, 0.2) is 12.4 Å². The molecule has 1 aliphatic carbocycles. The molecule has 0 radical (unpaired) electrons. The summed E-state index contributed by atoms with van der Waals surface area (Å²) in [6.45, 7) is 4.26. The average Bonchev–Trinajstić information content (AvgIpc) is 2.86. The maximum atomic E-state index is 4.34. The van der Waals surface area contributed by atoms with Crippen molar-refractivity contribution in [3.63, 3.8) is 0 Å². The molecule has 0 aromatic carbocycles. The summed E-state index contributed by atoms with van der Waals surface area (Å²) in [6, 6.07) is 2.03. The summed E-state index contributed by atoms with van der Waals surface area (Å²) >= 11 is 0. The zero-order valence-electron chi connectivity index (χ0n) is 10.3. The molecule has 2 aromatic rings. The quantitative estimate of drug-likeness (QED) is 0.860. The van der Waals surface area contributed by atoms with Gasteiger partial charge in [0, 0.05) is 17.3 Å². The topological polar surface area (TPSA) is 55.1 Å². The van der Waals surface area contributed by atoms with Crippen LogP contribution in [-0.2, 0) is 0 Å². The third-order valence-corrected chi connectivity index (χ3v) is 3.52. The molecule has 1 aliphatic rings. The first-order chi connectivity index (χ1) is 8.16. The van der Waals surface area contributed by atoms with Crippen LogP contribution < -0.4 is 5.32 Å². The molecule has 17 heavy (non-hydrogen) atoms. The van der Waals surface area contributed by atoms with E-state index in [4.69, 9.17) is 0 Å². The van der Waals surface area contributed by atoms with E-state index in [0.29, 0.717) is 5.78 Å². The van der Waals surface area contributed by atoms with Crippen molar-refractivity contribution in [2.24, 2.45) is 0 Å². The van der Waals surface area contributed by atoms with Crippen LogP contribution in [0.2, 0.25) is 0 Å². The van der Waals surface area contributed by atoms with Crippen LogP contribution >= 0.6 is 0 Å². The molecule has 0 atom stereocenters. The van der Waals surface area contributed by atoms with E-state index in [9.17, 15) is 0 Å². The number of fused-ring (bicyclic) bond motifs is 1. The van der Waals surface area contributed by atoms with Gasteiger partial charge in [-0.05, 0) is 26.7 Å². The van der Waals surface area contributed by atoms with Gasteiger partial charge >= 0.3 is 0 Å². The second-order valence-electron chi connectivity index (χ2n) is 5.15. The molecule has 0 aliphatic heterocycles. The lowest BCUT2D eigenvalue weighted by atomic mass is 10.0. The molecule has 0 unspecified atom stereocenters. The zero-order valence-corrected chi connectivity index (χ0v) is 10.3. The molecule has 0 amide bonds. The Hall–Kier alpha value is -1.65. The Morgan fingerprint density at radius 1 is 1.35 bits per heavy atom. The summed E-state index contributed by atoms with van der Waals surface area (Å²) in [5.41, 5.74) is 1.15. The minimum atomic E-state index is 0.187. The summed E-state index contributed by atoms with van der Waals surface area (Å²) in [5, 5.41) is 7.82. The molecule has 0 bridgehead atoms. The normalized spacial score (nSPS) is 18.7. The number of hydrogen-bond donors (Lipinski definition) is 1. The minimum Gasteiger partial charge on any atom is -0.365 e. The Bertz CT molecular complexity index is 539. The lowest BCUT2D eigenvalue weighted by Crippen LogP contribution is -2.32. The van der Waals surface area contributed by atoms with Crippen LogP contribution in [0.1, 0.15) is 38.3 Å². The van der Waals surface area contributed by atoms with E-state index >= 15 is 0 Å². The van der Waals surface area contributed by atoms with Crippen LogP contribution in [0.25, 0.3) is 5.78 Å². The number of anilines is 1. The Kier molecular flexibility index (Phi) is 2.28. The number of aryl methyl sites for hydroxylation is 1. The number of hydrogen-bond acceptors (Lipinski definition) is 4. The Labute approximate surface area is 100 Å². The van der Waals surface area contributed by atoms with Crippen molar-refractivity contribution in [3.05, 3.63) is 18.1 Å². The fourth-order valence-corrected chi connectivity index (χ4v) is 2.61. The van der Waals surface area contributed by atoms with Crippen LogP contribution in [0.5, 0.6) is 0 Å². The first-order valence-corrected chi connectivity index (χ1v) is 6.12. The standard InChI is InChI=1S/C12H17N5/c1-9-7-10(16-12(2)5-3-4-6-12)17-11(15-9)13-8-14-17/h7-8,16H,3-6H2,1-2H3. The number of rotatable bonds is 2. The van der Waals surface area contributed by atoms with E-state index in [1.54, 1.807) is 10.8 Å². The Morgan fingerprint density at radius 2 is 2.12 bits per heavy atom. The minimum absolute atomic E-state index is 0.187. The monoisotopic (exact) mass is 231 g/mol. The molecule has 1 saturated carbocycles. The fourth-order valence-electron chi connectivity index (χ4n) is 2.61. The number of nitrogens with zero attached hydrogens (tertiary/aromatic N) is 4. The van der Waals surface area contributed by atoms with Gasteiger partial charge in [-0.3, -0.25) is 0 Å². The second kappa shape index (κ2) is 3.68. The molecule has 90 valence electrons. The summed E-state index contributed by atoms with van der Waals surface area (Å²) in [7, 11) is 0. The van der Waals surface area contributed by atoms with E-state index in [1.807, 2.05) is 13.0 Å². The van der Waals surface area contributed by atoms with Gasteiger partial charge in [0.1, 0.15) is 12.1 Å². The smallest absolute Gasteiger partial charge is 0.254 e. The number of nitrogens with one attached hydrogen (secondary N) is 1. The van der Waals surface area contributed by atoms with Gasteiger partial charge < -0.3 is 5.32 Å². The van der Waals surface area contributed by atoms with Gasteiger partial charge in [0.15, 0.2) is 0 Å². The summed E-state index contributed by atoms with van der Waals surface area (Å²) in [5.74, 6) is 1.66. The van der Waals surface area contributed by atoms with Gasteiger partial charge in [-0.15, -0.1) is 0 Å². The van der Waals surface area contributed by atoms with E-state index < -0.39 is 0 Å². The largest absolute Gasteiger partial charge is 0.365 e. The third-order valence-electron chi connectivity index (χ3n) is 3.52. The van der Waals surface area contributed by atoms with E-state index in [0.717, 1.165) is 11.5 Å². The van der Waals surface area contributed by atoms with Crippen LogP contribution in [0.4, 0.5) is 5.82 Å². The second-order valence-corrected chi connectivity index (χ2v) is 5.15. The van der Waals surface area contributed by atoms with Crippen LogP contribution in [0, 0.1) is 6.92 Å². The molecular formula is C12H17N5. The van der Waals surface area contributed by atoms with Crippen molar-refractivity contribution in [2.45, 2.75) is 45.1 Å². The molecule has 5 nitrogen and oxygen atoms in total. The zero-order chi connectivity index (χ0) is 11.9. The highest BCUT2D eigenvalue weighted by atomic mass is 15.4. The van der Waals surface area contributed by atoms with Gasteiger partial charge in [0.25, 0.3) is 5.78 Å². The molecule has 1 fully saturated rings. The van der Waals surface area contributed by atoms with E-state index in [2.05, 4.69) is 27.3 Å². The average molecular weight is 231 g/mol. The third kappa shape index (κ3) is 1.85. The van der Waals surface area contributed by atoms with Crippen LogP contribution in [-0.4, -0.2) is 25.1 Å². The highest BCUT2D eigenvalue weighted by Gasteiger charge is 2.29. The number of aromatic nitrogens is 4. The van der Waals surface area contributed by atoms with Crippen molar-refractivity contribution >= 4 is 11.6 Å². The van der Waals surface area contributed by atoms with E-state index in [1.165, 1.54) is 25.7 Å². The summed E-state index contributed by atoms with van der Waals surface area (Å²) in [6.07, 6.45) is 6.57. The maximum absolute atomic E-state index is 4.34. The molecular weight excluding hydrogens is 214 g/mol. The van der Waals surface area contributed by atoms with Gasteiger partial charge in [0.05, 0.1) is 0 Å². The lowest BCUT2D eigenvalue weighted by molar-refractivity contribution is 0.528. The molecule has 3 rings (SSSR count). The van der Waals surface area contributed by atoms with Gasteiger partial charge in [-0.1, -0.05) is 12.8 Å². The molecule has 0 saturated heterocycles. The predicted molar refractivity (Wildman–Crippen MR) is 66.0 cm³/mol. The van der Waals surface area contributed by atoms with Crippen molar-refractivity contribution in [1.29, 1.82) is 0 Å². The van der Waals surface area contributed by atoms with Crippen molar-refractivity contribution in [2.75, 3.05) is 5.32 Å². The highest BCUT2D eigenvalue weighted by Crippen LogP contribution is 2.32. The molecule has 2 heterocycles. The Balaban J connectivity index is 2.01. The molecule has 0 spiro atoms. The van der Waals surface area contributed by atoms with Crippen LogP contribution in [0.3, 0.4) is 0 Å². The molecule has 5 heteroatoms. The lowest BCUT2D eigenvalue weighted by Gasteiger charge is -2.26.